The molecule has 6 heteroatoms. The summed E-state index contributed by atoms with van der Waals surface area (Å²) in [5.41, 5.74) is 9.84. The third-order valence-corrected chi connectivity index (χ3v) is 5.98. The number of nitrogens with two attached hydrogens (primary N) is 1. The molecule has 1 aromatic carbocycles. The molecule has 0 aliphatic heterocycles. The van der Waals surface area contributed by atoms with Crippen LogP contribution in [0.5, 0.6) is 0 Å². The van der Waals surface area contributed by atoms with Gasteiger partial charge < -0.3 is 15.2 Å². The maximum absolute atomic E-state index is 11.1. The van der Waals surface area contributed by atoms with Gasteiger partial charge in [-0.3, -0.25) is 9.69 Å². The van der Waals surface area contributed by atoms with Crippen molar-refractivity contribution in [2.75, 3.05) is 21.3 Å². The van der Waals surface area contributed by atoms with Crippen LogP contribution in [0.3, 0.4) is 0 Å². The summed E-state index contributed by atoms with van der Waals surface area (Å²) in [4.78, 5) is 17.2. The molecule has 0 radical (unpaired) electrons. The summed E-state index contributed by atoms with van der Waals surface area (Å²) in [6.07, 6.45) is 6.18. The van der Waals surface area contributed by atoms with Crippen molar-refractivity contribution in [3.8, 4) is 0 Å². The van der Waals surface area contributed by atoms with Gasteiger partial charge in [0, 0.05) is 26.7 Å². The number of nitrogens with zero attached hydrogens (tertiary/aromatic N) is 2. The van der Waals surface area contributed by atoms with Crippen molar-refractivity contribution in [1.29, 1.82) is 0 Å². The predicted molar refractivity (Wildman–Crippen MR) is 101 cm³/mol. The summed E-state index contributed by atoms with van der Waals surface area (Å²) in [6, 6.07) is 6.49. The molecular formula is C20H29N3O3. The molecule has 1 amide bonds. The van der Waals surface area contributed by atoms with E-state index in [-0.39, 0.29) is 17.4 Å². The second kappa shape index (κ2) is 7.76. The lowest BCUT2D eigenvalue weighted by Gasteiger charge is -2.40. The Morgan fingerprint density at radius 1 is 1.38 bits per heavy atom. The Bertz CT molecular complexity index is 681. The third kappa shape index (κ3) is 3.48. The first-order valence-corrected chi connectivity index (χ1v) is 9.18. The summed E-state index contributed by atoms with van der Waals surface area (Å²) in [5.74, 6) is 0.267. The zero-order valence-electron chi connectivity index (χ0n) is 15.9. The van der Waals surface area contributed by atoms with Crippen LogP contribution in [0.2, 0.25) is 0 Å². The average molecular weight is 359 g/mol. The minimum Gasteiger partial charge on any atom is -0.381 e. The molecule has 1 aromatic rings. The van der Waals surface area contributed by atoms with Crippen LogP contribution in [0.15, 0.2) is 23.2 Å². The van der Waals surface area contributed by atoms with Gasteiger partial charge >= 0.3 is 0 Å². The van der Waals surface area contributed by atoms with E-state index in [2.05, 4.69) is 18.2 Å². The predicted octanol–water partition coefficient (Wildman–Crippen LogP) is 2.41. The van der Waals surface area contributed by atoms with Gasteiger partial charge in [0.2, 0.25) is 6.41 Å². The summed E-state index contributed by atoms with van der Waals surface area (Å²) in [6.45, 7) is 0.576. The molecule has 1 fully saturated rings. The fraction of sp³-hybridized carbons (Fsp3) is 0.600. The maximum Gasteiger partial charge on any atom is 0.216 e. The summed E-state index contributed by atoms with van der Waals surface area (Å²) in [5, 5.41) is 0. The molecule has 1 spiro atoms. The minimum absolute atomic E-state index is 0.0329. The number of hydrogen-bond acceptors (Lipinski definition) is 4. The normalized spacial score (nSPS) is 28.2. The van der Waals surface area contributed by atoms with E-state index in [0.29, 0.717) is 19.1 Å². The molecule has 2 N–H and O–H groups in total. The fourth-order valence-electron chi connectivity index (χ4n) is 4.46. The molecular weight excluding hydrogens is 330 g/mol. The molecule has 142 valence electrons. The van der Waals surface area contributed by atoms with Crippen molar-refractivity contribution in [3.63, 3.8) is 0 Å². The highest BCUT2D eigenvalue weighted by atomic mass is 16.5. The van der Waals surface area contributed by atoms with E-state index in [0.717, 1.165) is 37.7 Å². The third-order valence-electron chi connectivity index (χ3n) is 5.98. The van der Waals surface area contributed by atoms with Crippen molar-refractivity contribution in [2.24, 2.45) is 16.1 Å². The van der Waals surface area contributed by atoms with E-state index < -0.39 is 0 Å². The van der Waals surface area contributed by atoms with Crippen LogP contribution in [-0.4, -0.2) is 44.6 Å². The number of amides is 1. The Morgan fingerprint density at radius 3 is 2.73 bits per heavy atom. The van der Waals surface area contributed by atoms with Gasteiger partial charge in [0.25, 0.3) is 0 Å². The highest BCUT2D eigenvalue weighted by Crippen LogP contribution is 2.56. The van der Waals surface area contributed by atoms with Crippen molar-refractivity contribution in [2.45, 2.75) is 50.9 Å². The average Bonchev–Trinajstić information content (AvgIpc) is 2.94. The van der Waals surface area contributed by atoms with Crippen LogP contribution >= 0.6 is 0 Å². The molecule has 0 heterocycles. The highest BCUT2D eigenvalue weighted by molar-refractivity contribution is 5.87. The number of ether oxygens (including phenoxy) is 2. The van der Waals surface area contributed by atoms with Gasteiger partial charge in [0.05, 0.1) is 18.8 Å². The lowest BCUT2D eigenvalue weighted by Crippen LogP contribution is -2.37. The second-order valence-electron chi connectivity index (χ2n) is 7.55. The number of methoxy groups -OCH3 is 2. The van der Waals surface area contributed by atoms with E-state index >= 15 is 0 Å². The maximum atomic E-state index is 11.1. The number of hydrogen-bond donors (Lipinski definition) is 1. The number of guanidine groups is 1. The van der Waals surface area contributed by atoms with Crippen molar-refractivity contribution < 1.29 is 14.3 Å². The second-order valence-corrected chi connectivity index (χ2v) is 7.55. The van der Waals surface area contributed by atoms with E-state index in [1.165, 1.54) is 16.0 Å². The molecule has 6 nitrogen and oxygen atoms in total. The number of carbonyl (C=O) groups is 1. The zero-order valence-corrected chi connectivity index (χ0v) is 15.9. The first-order valence-electron chi connectivity index (χ1n) is 9.18. The lowest BCUT2D eigenvalue weighted by molar-refractivity contribution is -0.114. The Hall–Kier alpha value is -1.92. The van der Waals surface area contributed by atoms with E-state index in [4.69, 9.17) is 20.2 Å². The topological polar surface area (TPSA) is 77.2 Å². The van der Waals surface area contributed by atoms with Crippen molar-refractivity contribution in [3.05, 3.63) is 34.9 Å². The van der Waals surface area contributed by atoms with E-state index in [1.807, 2.05) is 0 Å². The van der Waals surface area contributed by atoms with Crippen LogP contribution < -0.4 is 5.73 Å². The smallest absolute Gasteiger partial charge is 0.216 e. The molecule has 0 aromatic heterocycles. The van der Waals surface area contributed by atoms with Crippen LogP contribution in [-0.2, 0) is 27.3 Å². The molecule has 0 saturated heterocycles. The van der Waals surface area contributed by atoms with Gasteiger partial charge in [0.15, 0.2) is 5.96 Å². The number of benzene rings is 1. The lowest BCUT2D eigenvalue weighted by atomic mass is 9.68. The SMILES string of the molecule is COCc1ccc2c(c1)C(N=C(N)N(C)C=O)C1(CCC(OC)CC1)C2. The Labute approximate surface area is 155 Å². The Morgan fingerprint density at radius 2 is 2.12 bits per heavy atom. The van der Waals surface area contributed by atoms with E-state index in [9.17, 15) is 4.79 Å². The Balaban J connectivity index is 1.98. The van der Waals surface area contributed by atoms with Crippen LogP contribution in [0, 0.1) is 5.41 Å². The Kier molecular flexibility index (Phi) is 5.63. The largest absolute Gasteiger partial charge is 0.381 e. The van der Waals surface area contributed by atoms with Gasteiger partial charge in [-0.15, -0.1) is 0 Å². The first kappa shape index (κ1) is 18.9. The van der Waals surface area contributed by atoms with Crippen molar-refractivity contribution >= 4 is 12.4 Å². The molecule has 2 aliphatic carbocycles. The molecule has 3 rings (SSSR count). The number of rotatable bonds is 5. The minimum atomic E-state index is -0.0329. The van der Waals surface area contributed by atoms with Crippen molar-refractivity contribution in [1.82, 2.24) is 4.90 Å². The first-order chi connectivity index (χ1) is 12.5. The molecule has 1 saturated carbocycles. The summed E-state index contributed by atoms with van der Waals surface area (Å²) in [7, 11) is 5.13. The standard InChI is InChI=1S/C20H29N3O3/c1-23(13-24)19(21)22-18-17-10-14(12-25-2)4-5-15(17)11-20(18)8-6-16(26-3)7-9-20/h4-5,10,13,16,18H,6-9,11-12H2,1-3H3,(H2,21,22). The molecule has 26 heavy (non-hydrogen) atoms. The fourth-order valence-corrected chi connectivity index (χ4v) is 4.46. The van der Waals surface area contributed by atoms with Gasteiger partial charge in [-0.2, -0.15) is 0 Å². The zero-order chi connectivity index (χ0) is 18.7. The highest BCUT2D eigenvalue weighted by Gasteiger charge is 2.48. The summed E-state index contributed by atoms with van der Waals surface area (Å²) >= 11 is 0. The van der Waals surface area contributed by atoms with Gasteiger partial charge in [-0.25, -0.2) is 4.99 Å². The number of fused-ring (bicyclic) bond motifs is 1. The summed E-state index contributed by atoms with van der Waals surface area (Å²) < 4.78 is 10.9. The number of carbonyl (C=O) groups excluding carboxylic acids is 1. The van der Waals surface area contributed by atoms with Crippen LogP contribution in [0.25, 0.3) is 0 Å². The van der Waals surface area contributed by atoms with E-state index in [1.54, 1.807) is 21.3 Å². The number of aliphatic imine (C=N–C) groups is 1. The quantitative estimate of drug-likeness (QED) is 0.497. The van der Waals surface area contributed by atoms with Gasteiger partial charge in [0.1, 0.15) is 0 Å². The van der Waals surface area contributed by atoms with Gasteiger partial charge in [-0.05, 0) is 48.8 Å². The molecule has 0 bridgehead atoms. The van der Waals surface area contributed by atoms with Gasteiger partial charge in [-0.1, -0.05) is 18.2 Å². The van der Waals surface area contributed by atoms with Crippen LogP contribution in [0.1, 0.15) is 48.4 Å². The molecule has 1 unspecified atom stereocenters. The molecule has 2 aliphatic rings. The monoisotopic (exact) mass is 359 g/mol. The molecule has 1 atom stereocenters. The van der Waals surface area contributed by atoms with Crippen LogP contribution in [0.4, 0.5) is 0 Å².